The summed E-state index contributed by atoms with van der Waals surface area (Å²) in [5, 5.41) is 3.56. The smallest absolute Gasteiger partial charge is 0.408 e. The zero-order valence-corrected chi connectivity index (χ0v) is 14.3. The number of oxazole rings is 1. The van der Waals surface area contributed by atoms with E-state index in [1.54, 1.807) is 24.3 Å². The topological polar surface area (TPSA) is 124 Å². The molecule has 25 heavy (non-hydrogen) atoms. The minimum atomic E-state index is -4.09. The van der Waals surface area contributed by atoms with Gasteiger partial charge in [0, 0.05) is 13.0 Å². The van der Waals surface area contributed by atoms with E-state index in [0.717, 1.165) is 0 Å². The SMILES string of the molecule is Cc1noc(C)c1S(=O)(=O)NC(=O)CCn1c(=O)oc2ccccc21. The van der Waals surface area contributed by atoms with Crippen molar-refractivity contribution in [3.63, 3.8) is 0 Å². The van der Waals surface area contributed by atoms with E-state index in [0.29, 0.717) is 11.1 Å². The van der Waals surface area contributed by atoms with Crippen molar-refractivity contribution < 1.29 is 22.2 Å². The van der Waals surface area contributed by atoms with Crippen LogP contribution >= 0.6 is 0 Å². The molecule has 0 aliphatic heterocycles. The van der Waals surface area contributed by atoms with Gasteiger partial charge < -0.3 is 8.94 Å². The zero-order chi connectivity index (χ0) is 18.2. The average molecular weight is 365 g/mol. The third-order valence-electron chi connectivity index (χ3n) is 3.62. The van der Waals surface area contributed by atoms with Gasteiger partial charge in [0.2, 0.25) is 5.91 Å². The number of rotatable bonds is 5. The zero-order valence-electron chi connectivity index (χ0n) is 13.5. The second-order valence-electron chi connectivity index (χ2n) is 5.42. The highest BCUT2D eigenvalue weighted by Crippen LogP contribution is 2.18. The fourth-order valence-electron chi connectivity index (χ4n) is 2.55. The number of fused-ring (bicyclic) bond motifs is 1. The number of nitrogens with zero attached hydrogens (tertiary/aromatic N) is 2. The van der Waals surface area contributed by atoms with E-state index in [9.17, 15) is 18.0 Å². The maximum Gasteiger partial charge on any atom is 0.419 e. The first-order valence-corrected chi connectivity index (χ1v) is 8.85. The van der Waals surface area contributed by atoms with Crippen LogP contribution in [-0.2, 0) is 21.4 Å². The Hall–Kier alpha value is -2.88. The van der Waals surface area contributed by atoms with Crippen LogP contribution in [0.4, 0.5) is 0 Å². The summed E-state index contributed by atoms with van der Waals surface area (Å²) in [7, 11) is -4.09. The minimum absolute atomic E-state index is 0.0151. The Labute approximate surface area is 142 Å². The quantitative estimate of drug-likeness (QED) is 0.717. The molecule has 0 atom stereocenters. The van der Waals surface area contributed by atoms with Crippen molar-refractivity contribution in [1.29, 1.82) is 0 Å². The van der Waals surface area contributed by atoms with Gasteiger partial charge >= 0.3 is 5.76 Å². The van der Waals surface area contributed by atoms with Gasteiger partial charge in [0.1, 0.15) is 5.69 Å². The van der Waals surface area contributed by atoms with Gasteiger partial charge in [-0.25, -0.2) is 17.9 Å². The third kappa shape index (κ3) is 3.20. The summed E-state index contributed by atoms with van der Waals surface area (Å²) in [5.74, 6) is -1.27. The van der Waals surface area contributed by atoms with Crippen molar-refractivity contribution in [2.45, 2.75) is 31.7 Å². The first-order chi connectivity index (χ1) is 11.8. The molecule has 0 fully saturated rings. The lowest BCUT2D eigenvalue weighted by Crippen LogP contribution is -2.32. The first-order valence-electron chi connectivity index (χ1n) is 7.36. The Morgan fingerprint density at radius 1 is 1.28 bits per heavy atom. The second-order valence-corrected chi connectivity index (χ2v) is 7.04. The molecule has 2 heterocycles. The van der Waals surface area contributed by atoms with Crippen LogP contribution in [0.2, 0.25) is 0 Å². The monoisotopic (exact) mass is 365 g/mol. The highest BCUT2D eigenvalue weighted by atomic mass is 32.2. The molecule has 0 aliphatic carbocycles. The molecule has 9 nitrogen and oxygen atoms in total. The summed E-state index contributed by atoms with van der Waals surface area (Å²) in [6.07, 6.45) is -0.216. The lowest BCUT2D eigenvalue weighted by molar-refractivity contribution is -0.119. The molecule has 132 valence electrons. The van der Waals surface area contributed by atoms with Crippen LogP contribution in [0.25, 0.3) is 11.1 Å². The fourth-order valence-corrected chi connectivity index (χ4v) is 3.89. The van der Waals surface area contributed by atoms with Crippen molar-refractivity contribution in [3.05, 3.63) is 46.3 Å². The van der Waals surface area contributed by atoms with E-state index in [2.05, 4.69) is 5.16 Å². The molecule has 0 bridgehead atoms. The van der Waals surface area contributed by atoms with E-state index < -0.39 is 21.7 Å². The molecule has 0 unspecified atom stereocenters. The van der Waals surface area contributed by atoms with Crippen LogP contribution in [0.5, 0.6) is 0 Å². The predicted molar refractivity (Wildman–Crippen MR) is 86.4 cm³/mol. The van der Waals surface area contributed by atoms with Crippen LogP contribution in [0.3, 0.4) is 0 Å². The Balaban J connectivity index is 1.75. The van der Waals surface area contributed by atoms with Crippen LogP contribution in [0, 0.1) is 13.8 Å². The van der Waals surface area contributed by atoms with Gasteiger partial charge in [0.15, 0.2) is 16.2 Å². The van der Waals surface area contributed by atoms with E-state index in [4.69, 9.17) is 8.94 Å². The van der Waals surface area contributed by atoms with Crippen molar-refractivity contribution in [1.82, 2.24) is 14.4 Å². The number of amides is 1. The third-order valence-corrected chi connectivity index (χ3v) is 5.24. The number of sulfonamides is 1. The molecule has 10 heteroatoms. The van der Waals surface area contributed by atoms with Gasteiger partial charge in [0.05, 0.1) is 5.52 Å². The number of hydrogen-bond donors (Lipinski definition) is 1. The summed E-state index contributed by atoms with van der Waals surface area (Å²) in [4.78, 5) is 23.7. The van der Waals surface area contributed by atoms with E-state index >= 15 is 0 Å². The average Bonchev–Trinajstić information content (AvgIpc) is 3.03. The number of nitrogens with one attached hydrogen (secondary N) is 1. The predicted octanol–water partition coefficient (Wildman–Crippen LogP) is 1.09. The van der Waals surface area contributed by atoms with Gasteiger partial charge in [-0.2, -0.15) is 0 Å². The summed E-state index contributed by atoms with van der Waals surface area (Å²) >= 11 is 0. The number of aryl methyl sites for hydroxylation is 3. The number of carbonyl (C=O) groups is 1. The molecule has 1 amide bonds. The summed E-state index contributed by atoms with van der Waals surface area (Å²) in [6.45, 7) is 2.89. The van der Waals surface area contributed by atoms with Crippen molar-refractivity contribution in [2.75, 3.05) is 0 Å². The number of para-hydroxylation sites is 2. The largest absolute Gasteiger partial charge is 0.419 e. The van der Waals surface area contributed by atoms with Crippen LogP contribution < -0.4 is 10.5 Å². The standard InChI is InChI=1S/C15H15N3O6S/c1-9-14(10(2)24-16-9)25(21,22)17-13(19)7-8-18-11-5-3-4-6-12(11)23-15(18)20/h3-6H,7-8H2,1-2H3,(H,17,19). The van der Waals surface area contributed by atoms with Gasteiger partial charge in [-0.1, -0.05) is 17.3 Å². The first kappa shape index (κ1) is 17.0. The van der Waals surface area contributed by atoms with E-state index in [1.165, 1.54) is 18.4 Å². The normalized spacial score (nSPS) is 11.8. The van der Waals surface area contributed by atoms with Gasteiger partial charge in [-0.15, -0.1) is 0 Å². The Kier molecular flexibility index (Phi) is 4.21. The highest BCUT2D eigenvalue weighted by molar-refractivity contribution is 7.90. The summed E-state index contributed by atoms with van der Waals surface area (Å²) in [6, 6.07) is 6.77. The molecule has 1 N–H and O–H groups in total. The van der Waals surface area contributed by atoms with Crippen molar-refractivity contribution in [3.8, 4) is 0 Å². The fraction of sp³-hybridized carbons (Fsp3) is 0.267. The van der Waals surface area contributed by atoms with Gasteiger partial charge in [0.25, 0.3) is 10.0 Å². The Bertz CT molecular complexity index is 1090. The Morgan fingerprint density at radius 3 is 2.68 bits per heavy atom. The molecular weight excluding hydrogens is 350 g/mol. The van der Waals surface area contributed by atoms with E-state index in [1.807, 2.05) is 4.72 Å². The molecule has 3 aromatic rings. The summed E-state index contributed by atoms with van der Waals surface area (Å²) < 4.78 is 37.6. The van der Waals surface area contributed by atoms with Crippen LogP contribution in [-0.4, -0.2) is 24.0 Å². The number of carbonyl (C=O) groups excluding carboxylic acids is 1. The maximum absolute atomic E-state index is 12.3. The number of aromatic nitrogens is 2. The number of benzene rings is 1. The molecule has 0 aliphatic rings. The minimum Gasteiger partial charge on any atom is -0.408 e. The highest BCUT2D eigenvalue weighted by Gasteiger charge is 2.26. The summed E-state index contributed by atoms with van der Waals surface area (Å²) in [5.41, 5.74) is 1.10. The molecule has 0 radical (unpaired) electrons. The lowest BCUT2D eigenvalue weighted by atomic mass is 10.3. The maximum atomic E-state index is 12.3. The molecule has 2 aromatic heterocycles. The molecular formula is C15H15N3O6S. The molecule has 0 saturated carbocycles. The van der Waals surface area contributed by atoms with Crippen LogP contribution in [0.1, 0.15) is 17.9 Å². The lowest BCUT2D eigenvalue weighted by Gasteiger charge is -2.06. The molecule has 1 aromatic carbocycles. The molecule has 0 spiro atoms. The van der Waals surface area contributed by atoms with Gasteiger partial charge in [-0.05, 0) is 26.0 Å². The number of hydrogen-bond acceptors (Lipinski definition) is 7. The van der Waals surface area contributed by atoms with Crippen molar-refractivity contribution in [2.24, 2.45) is 0 Å². The molecule has 3 rings (SSSR count). The Morgan fingerprint density at radius 2 is 2.00 bits per heavy atom. The van der Waals surface area contributed by atoms with Gasteiger partial charge in [-0.3, -0.25) is 9.36 Å². The van der Waals surface area contributed by atoms with Crippen molar-refractivity contribution >= 4 is 27.0 Å². The van der Waals surface area contributed by atoms with Crippen LogP contribution in [0.15, 0.2) is 42.9 Å². The van der Waals surface area contributed by atoms with E-state index in [-0.39, 0.29) is 29.3 Å². The molecule has 0 saturated heterocycles. The second kappa shape index (κ2) is 6.20.